The standard InChI is InChI=1S/C12H11ClF3N3OS/c1-2-3-7-10(21-19-18-7)9(20)6-4-5-8(12(14,15)16)17-11(6)13/h4-5,9,20H,2-3H2,1H3. The molecule has 0 amide bonds. The van der Waals surface area contributed by atoms with Gasteiger partial charge in [0.25, 0.3) is 0 Å². The lowest BCUT2D eigenvalue weighted by atomic mass is 10.1. The highest BCUT2D eigenvalue weighted by atomic mass is 35.5. The molecule has 21 heavy (non-hydrogen) atoms. The number of pyridine rings is 1. The predicted octanol–water partition coefficient (Wildman–Crippen LogP) is 3.64. The maximum atomic E-state index is 12.5. The van der Waals surface area contributed by atoms with Gasteiger partial charge in [0.15, 0.2) is 0 Å². The van der Waals surface area contributed by atoms with Crippen LogP contribution in [0.2, 0.25) is 5.15 Å². The first-order chi connectivity index (χ1) is 9.84. The van der Waals surface area contributed by atoms with Crippen molar-refractivity contribution in [1.29, 1.82) is 0 Å². The molecule has 2 aromatic rings. The van der Waals surface area contributed by atoms with Crippen molar-refractivity contribution in [2.75, 3.05) is 0 Å². The van der Waals surface area contributed by atoms with Crippen LogP contribution in [0.5, 0.6) is 0 Å². The minimum Gasteiger partial charge on any atom is -0.383 e. The third kappa shape index (κ3) is 3.50. The summed E-state index contributed by atoms with van der Waals surface area (Å²) >= 11 is 6.76. The highest BCUT2D eigenvalue weighted by molar-refractivity contribution is 7.05. The van der Waals surface area contributed by atoms with E-state index in [0.29, 0.717) is 17.0 Å². The summed E-state index contributed by atoms with van der Waals surface area (Å²) in [7, 11) is 0. The van der Waals surface area contributed by atoms with E-state index in [1.54, 1.807) is 0 Å². The summed E-state index contributed by atoms with van der Waals surface area (Å²) in [6.45, 7) is 1.95. The Labute approximate surface area is 127 Å². The summed E-state index contributed by atoms with van der Waals surface area (Å²) in [4.78, 5) is 3.77. The summed E-state index contributed by atoms with van der Waals surface area (Å²) in [5.41, 5.74) is -0.376. The molecule has 0 aliphatic heterocycles. The molecular formula is C12H11ClF3N3OS. The van der Waals surface area contributed by atoms with Crippen LogP contribution in [-0.2, 0) is 12.6 Å². The topological polar surface area (TPSA) is 58.9 Å². The molecule has 114 valence electrons. The van der Waals surface area contributed by atoms with Crippen LogP contribution >= 0.6 is 23.1 Å². The summed E-state index contributed by atoms with van der Waals surface area (Å²) < 4.78 is 41.4. The Balaban J connectivity index is 2.35. The molecule has 2 heterocycles. The highest BCUT2D eigenvalue weighted by Crippen LogP contribution is 2.34. The molecule has 2 aromatic heterocycles. The van der Waals surface area contributed by atoms with E-state index in [1.807, 2.05) is 6.92 Å². The largest absolute Gasteiger partial charge is 0.433 e. The lowest BCUT2D eigenvalue weighted by Gasteiger charge is -2.13. The van der Waals surface area contributed by atoms with Crippen LogP contribution in [0.1, 0.15) is 41.3 Å². The van der Waals surface area contributed by atoms with Crippen molar-refractivity contribution in [3.05, 3.63) is 39.1 Å². The van der Waals surface area contributed by atoms with E-state index in [-0.39, 0.29) is 10.7 Å². The summed E-state index contributed by atoms with van der Waals surface area (Å²) in [5, 5.41) is 13.8. The first-order valence-corrected chi connectivity index (χ1v) is 7.22. The minimum atomic E-state index is -4.58. The van der Waals surface area contributed by atoms with Crippen molar-refractivity contribution < 1.29 is 18.3 Å². The van der Waals surface area contributed by atoms with Gasteiger partial charge in [-0.05, 0) is 24.0 Å². The third-order valence-corrected chi connectivity index (χ3v) is 3.90. The minimum absolute atomic E-state index is 0.105. The molecule has 0 saturated carbocycles. The van der Waals surface area contributed by atoms with E-state index in [1.165, 1.54) is 0 Å². The Hall–Kier alpha value is -1.25. The van der Waals surface area contributed by atoms with Crippen LogP contribution in [0.3, 0.4) is 0 Å². The number of aromatic nitrogens is 3. The average molecular weight is 338 g/mol. The van der Waals surface area contributed by atoms with Crippen LogP contribution in [-0.4, -0.2) is 19.7 Å². The van der Waals surface area contributed by atoms with E-state index in [0.717, 1.165) is 30.1 Å². The zero-order chi connectivity index (χ0) is 15.6. The average Bonchev–Trinajstić information content (AvgIpc) is 2.85. The number of halogens is 4. The third-order valence-electron chi connectivity index (χ3n) is 2.78. The van der Waals surface area contributed by atoms with Gasteiger partial charge in [0.1, 0.15) is 17.0 Å². The molecule has 0 spiro atoms. The van der Waals surface area contributed by atoms with Crippen molar-refractivity contribution in [3.63, 3.8) is 0 Å². The van der Waals surface area contributed by atoms with Crippen molar-refractivity contribution in [2.45, 2.75) is 32.0 Å². The number of nitrogens with zero attached hydrogens (tertiary/aromatic N) is 3. The molecule has 1 unspecified atom stereocenters. The van der Waals surface area contributed by atoms with Crippen molar-refractivity contribution >= 4 is 23.1 Å². The monoisotopic (exact) mass is 337 g/mol. The SMILES string of the molecule is CCCc1nnsc1C(O)c1ccc(C(F)(F)F)nc1Cl. The molecule has 1 N–H and O–H groups in total. The number of rotatable bonds is 4. The number of aryl methyl sites for hydroxylation is 1. The van der Waals surface area contributed by atoms with Crippen LogP contribution in [0.4, 0.5) is 13.2 Å². The van der Waals surface area contributed by atoms with Gasteiger partial charge in [0, 0.05) is 5.56 Å². The first kappa shape index (κ1) is 16.1. The van der Waals surface area contributed by atoms with Gasteiger partial charge < -0.3 is 5.11 Å². The van der Waals surface area contributed by atoms with Gasteiger partial charge in [-0.15, -0.1) is 5.10 Å². The number of aliphatic hydroxyl groups is 1. The van der Waals surface area contributed by atoms with Gasteiger partial charge in [-0.1, -0.05) is 35.5 Å². The molecular weight excluding hydrogens is 327 g/mol. The fraction of sp³-hybridized carbons (Fsp3) is 0.417. The molecule has 4 nitrogen and oxygen atoms in total. The van der Waals surface area contributed by atoms with Crippen LogP contribution in [0.15, 0.2) is 12.1 Å². The van der Waals surface area contributed by atoms with Crippen LogP contribution in [0, 0.1) is 0 Å². The fourth-order valence-corrected chi connectivity index (χ4v) is 2.74. The van der Waals surface area contributed by atoms with E-state index < -0.39 is 18.0 Å². The van der Waals surface area contributed by atoms with Crippen molar-refractivity contribution in [3.8, 4) is 0 Å². The number of aliphatic hydroxyl groups excluding tert-OH is 1. The van der Waals surface area contributed by atoms with Crippen molar-refractivity contribution in [2.24, 2.45) is 0 Å². The second kappa shape index (κ2) is 6.25. The molecule has 0 fully saturated rings. The van der Waals surface area contributed by atoms with Gasteiger partial charge in [0.05, 0.1) is 10.6 Å². The van der Waals surface area contributed by atoms with Gasteiger partial charge in [-0.3, -0.25) is 0 Å². The summed E-state index contributed by atoms with van der Waals surface area (Å²) in [6, 6.07) is 1.91. The zero-order valence-electron chi connectivity index (χ0n) is 10.9. The molecule has 0 aliphatic carbocycles. The smallest absolute Gasteiger partial charge is 0.383 e. The Morgan fingerprint density at radius 1 is 1.38 bits per heavy atom. The predicted molar refractivity (Wildman–Crippen MR) is 72.2 cm³/mol. The Morgan fingerprint density at radius 2 is 2.10 bits per heavy atom. The number of hydrogen-bond donors (Lipinski definition) is 1. The van der Waals surface area contributed by atoms with E-state index in [2.05, 4.69) is 14.6 Å². The van der Waals surface area contributed by atoms with Crippen LogP contribution < -0.4 is 0 Å². The maximum Gasteiger partial charge on any atom is 0.433 e. The normalized spacial score (nSPS) is 13.4. The molecule has 0 aromatic carbocycles. The molecule has 0 radical (unpaired) electrons. The molecule has 9 heteroatoms. The lowest BCUT2D eigenvalue weighted by Crippen LogP contribution is -2.10. The molecule has 2 rings (SSSR count). The Morgan fingerprint density at radius 3 is 2.67 bits per heavy atom. The summed E-state index contributed by atoms with van der Waals surface area (Å²) in [6.07, 6.45) is -4.33. The Kier molecular flexibility index (Phi) is 4.80. The van der Waals surface area contributed by atoms with Gasteiger partial charge in [0.2, 0.25) is 0 Å². The molecule has 0 saturated heterocycles. The first-order valence-electron chi connectivity index (χ1n) is 6.07. The number of alkyl halides is 3. The second-order valence-electron chi connectivity index (χ2n) is 4.31. The van der Waals surface area contributed by atoms with E-state index >= 15 is 0 Å². The molecule has 1 atom stereocenters. The quantitative estimate of drug-likeness (QED) is 0.865. The van der Waals surface area contributed by atoms with Gasteiger partial charge in [-0.25, -0.2) is 4.98 Å². The fourth-order valence-electron chi connectivity index (χ4n) is 1.78. The maximum absolute atomic E-state index is 12.5. The van der Waals surface area contributed by atoms with E-state index in [9.17, 15) is 18.3 Å². The van der Waals surface area contributed by atoms with Crippen molar-refractivity contribution in [1.82, 2.24) is 14.6 Å². The summed E-state index contributed by atoms with van der Waals surface area (Å²) in [5.74, 6) is 0. The second-order valence-corrected chi connectivity index (χ2v) is 5.45. The van der Waals surface area contributed by atoms with E-state index in [4.69, 9.17) is 11.6 Å². The lowest BCUT2D eigenvalue weighted by molar-refractivity contribution is -0.141. The Bertz CT molecular complexity index is 632. The number of hydrogen-bond acceptors (Lipinski definition) is 5. The zero-order valence-corrected chi connectivity index (χ0v) is 12.4. The van der Waals surface area contributed by atoms with Gasteiger partial charge in [-0.2, -0.15) is 13.2 Å². The molecule has 0 bridgehead atoms. The highest BCUT2D eigenvalue weighted by Gasteiger charge is 2.33. The molecule has 0 aliphatic rings. The van der Waals surface area contributed by atoms with Crippen LogP contribution in [0.25, 0.3) is 0 Å². The van der Waals surface area contributed by atoms with Gasteiger partial charge >= 0.3 is 6.18 Å².